The Morgan fingerprint density at radius 2 is 1.17 bits per heavy atom. The van der Waals surface area contributed by atoms with Crippen molar-refractivity contribution >= 4 is 23.2 Å². The molecule has 5 heteroatoms. The number of nitrogens with one attached hydrogen (secondary N) is 2. The van der Waals surface area contributed by atoms with Crippen molar-refractivity contribution in [2.45, 2.75) is 0 Å². The zero-order chi connectivity index (χ0) is 16.7. The summed E-state index contributed by atoms with van der Waals surface area (Å²) in [5, 5.41) is 5.44. The van der Waals surface area contributed by atoms with E-state index in [0.29, 0.717) is 11.4 Å². The number of benzene rings is 2. The SMILES string of the molecule is CN(C)C=C(C(=O)Nc1ccccc1)C(=O)Nc1ccccc1. The maximum Gasteiger partial charge on any atom is 0.262 e. The number of rotatable bonds is 5. The molecule has 0 saturated heterocycles. The molecule has 0 atom stereocenters. The van der Waals surface area contributed by atoms with Gasteiger partial charge in [0, 0.05) is 31.7 Å². The fourth-order valence-corrected chi connectivity index (χ4v) is 1.92. The number of anilines is 2. The van der Waals surface area contributed by atoms with Crippen LogP contribution in [-0.4, -0.2) is 30.8 Å². The number of amides is 2. The molecule has 0 aliphatic rings. The van der Waals surface area contributed by atoms with Crippen molar-refractivity contribution < 1.29 is 9.59 Å². The third-order valence-corrected chi connectivity index (χ3v) is 2.94. The van der Waals surface area contributed by atoms with Crippen molar-refractivity contribution in [3.63, 3.8) is 0 Å². The molecule has 0 bridgehead atoms. The molecule has 23 heavy (non-hydrogen) atoms. The van der Waals surface area contributed by atoms with E-state index < -0.39 is 11.8 Å². The second-order valence-corrected chi connectivity index (χ2v) is 5.15. The van der Waals surface area contributed by atoms with Gasteiger partial charge in [0.2, 0.25) is 0 Å². The van der Waals surface area contributed by atoms with E-state index in [-0.39, 0.29) is 5.57 Å². The molecule has 0 aliphatic carbocycles. The summed E-state index contributed by atoms with van der Waals surface area (Å²) in [5.41, 5.74) is 1.30. The predicted molar refractivity (Wildman–Crippen MR) is 91.9 cm³/mol. The van der Waals surface area contributed by atoms with E-state index in [1.54, 1.807) is 43.3 Å². The van der Waals surface area contributed by atoms with Crippen LogP contribution in [0.1, 0.15) is 0 Å². The van der Waals surface area contributed by atoms with Gasteiger partial charge in [0.1, 0.15) is 5.57 Å². The smallest absolute Gasteiger partial charge is 0.262 e. The van der Waals surface area contributed by atoms with E-state index in [0.717, 1.165) is 0 Å². The van der Waals surface area contributed by atoms with Crippen LogP contribution in [0.5, 0.6) is 0 Å². The molecule has 2 amide bonds. The first kappa shape index (κ1) is 16.3. The summed E-state index contributed by atoms with van der Waals surface area (Å²) in [5.74, 6) is -0.920. The molecule has 0 radical (unpaired) electrons. The topological polar surface area (TPSA) is 61.4 Å². The van der Waals surface area contributed by atoms with Crippen molar-refractivity contribution in [2.75, 3.05) is 24.7 Å². The predicted octanol–water partition coefficient (Wildman–Crippen LogP) is 2.71. The van der Waals surface area contributed by atoms with E-state index in [9.17, 15) is 9.59 Å². The molecule has 0 heterocycles. The molecule has 0 aromatic heterocycles. The molecule has 0 aliphatic heterocycles. The van der Waals surface area contributed by atoms with Gasteiger partial charge in [-0.25, -0.2) is 0 Å². The lowest BCUT2D eigenvalue weighted by molar-refractivity contribution is -0.118. The second-order valence-electron chi connectivity index (χ2n) is 5.15. The van der Waals surface area contributed by atoms with E-state index in [1.165, 1.54) is 6.20 Å². The Morgan fingerprint density at radius 1 is 0.783 bits per heavy atom. The third-order valence-electron chi connectivity index (χ3n) is 2.94. The van der Waals surface area contributed by atoms with Crippen molar-refractivity contribution in [1.29, 1.82) is 0 Å². The number of hydrogen-bond acceptors (Lipinski definition) is 3. The third kappa shape index (κ3) is 5.00. The minimum atomic E-state index is -0.460. The van der Waals surface area contributed by atoms with Crippen molar-refractivity contribution in [3.05, 3.63) is 72.4 Å². The van der Waals surface area contributed by atoms with Gasteiger partial charge in [-0.05, 0) is 24.3 Å². The summed E-state index contributed by atoms with van der Waals surface area (Å²) in [7, 11) is 3.51. The Morgan fingerprint density at radius 3 is 1.52 bits per heavy atom. The lowest BCUT2D eigenvalue weighted by atomic mass is 10.2. The molecule has 2 rings (SSSR count). The Hall–Kier alpha value is -3.08. The lowest BCUT2D eigenvalue weighted by Gasteiger charge is -2.13. The minimum Gasteiger partial charge on any atom is -0.383 e. The van der Waals surface area contributed by atoms with Gasteiger partial charge in [0.05, 0.1) is 0 Å². The maximum absolute atomic E-state index is 12.4. The van der Waals surface area contributed by atoms with Gasteiger partial charge < -0.3 is 15.5 Å². The normalized spacial score (nSPS) is 9.65. The first-order chi connectivity index (χ1) is 11.1. The van der Waals surface area contributed by atoms with Crippen LogP contribution in [0, 0.1) is 0 Å². The molecular weight excluding hydrogens is 290 g/mol. The van der Waals surface area contributed by atoms with Gasteiger partial charge in [-0.3, -0.25) is 9.59 Å². The van der Waals surface area contributed by atoms with Gasteiger partial charge in [-0.1, -0.05) is 36.4 Å². The van der Waals surface area contributed by atoms with Gasteiger partial charge in [0.15, 0.2) is 0 Å². The Kier molecular flexibility index (Phi) is 5.52. The molecule has 0 fully saturated rings. The highest BCUT2D eigenvalue weighted by Gasteiger charge is 2.19. The Balaban J connectivity index is 2.16. The van der Waals surface area contributed by atoms with E-state index >= 15 is 0 Å². The first-order valence-electron chi connectivity index (χ1n) is 7.17. The van der Waals surface area contributed by atoms with Gasteiger partial charge in [0.25, 0.3) is 11.8 Å². The summed E-state index contributed by atoms with van der Waals surface area (Å²) in [6.45, 7) is 0. The average Bonchev–Trinajstić information content (AvgIpc) is 2.54. The number of carbonyl (C=O) groups is 2. The molecule has 2 aromatic rings. The van der Waals surface area contributed by atoms with Crippen LogP contribution < -0.4 is 10.6 Å². The number of para-hydroxylation sites is 2. The molecule has 0 unspecified atom stereocenters. The monoisotopic (exact) mass is 309 g/mol. The van der Waals surface area contributed by atoms with Crippen LogP contribution in [0.3, 0.4) is 0 Å². The summed E-state index contributed by atoms with van der Waals surface area (Å²) >= 11 is 0. The summed E-state index contributed by atoms with van der Waals surface area (Å²) < 4.78 is 0. The lowest BCUT2D eigenvalue weighted by Crippen LogP contribution is -2.27. The van der Waals surface area contributed by atoms with Crippen LogP contribution in [0.25, 0.3) is 0 Å². The van der Waals surface area contributed by atoms with Gasteiger partial charge in [-0.15, -0.1) is 0 Å². The van der Waals surface area contributed by atoms with Crippen LogP contribution in [0.4, 0.5) is 11.4 Å². The largest absolute Gasteiger partial charge is 0.383 e. The molecule has 0 spiro atoms. The summed E-state index contributed by atoms with van der Waals surface area (Å²) in [6, 6.07) is 18.0. The number of carbonyl (C=O) groups excluding carboxylic acids is 2. The molecule has 2 aromatic carbocycles. The summed E-state index contributed by atoms with van der Waals surface area (Å²) in [6.07, 6.45) is 1.50. The van der Waals surface area contributed by atoms with Crippen LogP contribution in [0.15, 0.2) is 72.4 Å². The van der Waals surface area contributed by atoms with E-state index in [4.69, 9.17) is 0 Å². The van der Waals surface area contributed by atoms with Crippen molar-refractivity contribution in [3.8, 4) is 0 Å². The Bertz CT molecular complexity index is 639. The average molecular weight is 309 g/mol. The minimum absolute atomic E-state index is 0.0303. The first-order valence-corrected chi connectivity index (χ1v) is 7.17. The fourth-order valence-electron chi connectivity index (χ4n) is 1.92. The molecule has 5 nitrogen and oxygen atoms in total. The van der Waals surface area contributed by atoms with Gasteiger partial charge >= 0.3 is 0 Å². The highest BCUT2D eigenvalue weighted by Crippen LogP contribution is 2.11. The van der Waals surface area contributed by atoms with Gasteiger partial charge in [-0.2, -0.15) is 0 Å². The number of nitrogens with zero attached hydrogens (tertiary/aromatic N) is 1. The molecule has 0 saturated carbocycles. The standard InChI is InChI=1S/C18H19N3O2/c1-21(2)13-16(17(22)19-14-9-5-3-6-10-14)18(23)20-15-11-7-4-8-12-15/h3-13H,1-2H3,(H,19,22)(H,20,23). The quantitative estimate of drug-likeness (QED) is 0.507. The molecule has 118 valence electrons. The van der Waals surface area contributed by atoms with Crippen LogP contribution >= 0.6 is 0 Å². The van der Waals surface area contributed by atoms with E-state index in [2.05, 4.69) is 10.6 Å². The van der Waals surface area contributed by atoms with Crippen LogP contribution in [0.2, 0.25) is 0 Å². The highest BCUT2D eigenvalue weighted by molar-refractivity contribution is 6.26. The van der Waals surface area contributed by atoms with Crippen molar-refractivity contribution in [2.24, 2.45) is 0 Å². The second kappa shape index (κ2) is 7.79. The highest BCUT2D eigenvalue weighted by atomic mass is 16.2. The summed E-state index contributed by atoms with van der Waals surface area (Å²) in [4.78, 5) is 26.5. The van der Waals surface area contributed by atoms with Crippen molar-refractivity contribution in [1.82, 2.24) is 4.90 Å². The maximum atomic E-state index is 12.4. The Labute approximate surface area is 135 Å². The van der Waals surface area contributed by atoms with Crippen LogP contribution in [-0.2, 0) is 9.59 Å². The zero-order valence-corrected chi connectivity index (χ0v) is 13.1. The molecular formula is C18H19N3O2. The van der Waals surface area contributed by atoms with E-state index in [1.807, 2.05) is 36.4 Å². The zero-order valence-electron chi connectivity index (χ0n) is 13.1. The number of hydrogen-bond donors (Lipinski definition) is 2. The molecule has 2 N–H and O–H groups in total. The fraction of sp³-hybridized carbons (Fsp3) is 0.111.